The summed E-state index contributed by atoms with van der Waals surface area (Å²) in [6.07, 6.45) is 2.05. The Kier molecular flexibility index (Phi) is 4.35. The Morgan fingerprint density at radius 3 is 2.93 bits per heavy atom. The van der Waals surface area contributed by atoms with Crippen LogP contribution in [0, 0.1) is 0 Å². The fourth-order valence-electron chi connectivity index (χ4n) is 1.74. The van der Waals surface area contributed by atoms with Crippen molar-refractivity contribution >= 4 is 5.91 Å². The number of likely N-dealkylation sites (N-methyl/N-ethyl adjacent to an activating group) is 1. The number of nitrogens with one attached hydrogen (secondary N) is 1. The van der Waals surface area contributed by atoms with Crippen LogP contribution >= 0.6 is 0 Å². The molecule has 0 bridgehead atoms. The van der Waals surface area contributed by atoms with Crippen LogP contribution in [-0.4, -0.2) is 50.2 Å². The van der Waals surface area contributed by atoms with Gasteiger partial charge >= 0.3 is 0 Å². The first-order chi connectivity index (χ1) is 6.65. The van der Waals surface area contributed by atoms with E-state index in [2.05, 4.69) is 5.32 Å². The molecule has 2 atom stereocenters. The first-order valence-electron chi connectivity index (χ1n) is 5.16. The number of ether oxygens (including phenoxy) is 1. The van der Waals surface area contributed by atoms with E-state index >= 15 is 0 Å². The van der Waals surface area contributed by atoms with Crippen molar-refractivity contribution in [2.75, 3.05) is 27.2 Å². The zero-order valence-corrected chi connectivity index (χ0v) is 9.25. The molecule has 0 radical (unpaired) electrons. The van der Waals surface area contributed by atoms with Crippen molar-refractivity contribution in [1.82, 2.24) is 10.2 Å². The van der Waals surface area contributed by atoms with Crippen molar-refractivity contribution in [3.05, 3.63) is 0 Å². The summed E-state index contributed by atoms with van der Waals surface area (Å²) in [4.78, 5) is 13.4. The number of carbonyl (C=O) groups excluding carboxylic acids is 1. The maximum atomic E-state index is 11.6. The molecular formula is C10H20N2O2. The highest BCUT2D eigenvalue weighted by Gasteiger charge is 2.21. The van der Waals surface area contributed by atoms with Gasteiger partial charge in [0.1, 0.15) is 6.10 Å². The summed E-state index contributed by atoms with van der Waals surface area (Å²) in [6.45, 7) is 3.64. The second-order valence-electron chi connectivity index (χ2n) is 3.89. The van der Waals surface area contributed by atoms with Crippen LogP contribution < -0.4 is 5.32 Å². The number of amides is 1. The van der Waals surface area contributed by atoms with Gasteiger partial charge in [0, 0.05) is 26.7 Å². The molecule has 2 unspecified atom stereocenters. The molecule has 1 rings (SSSR count). The summed E-state index contributed by atoms with van der Waals surface area (Å²) in [5.74, 6) is 0.0567. The van der Waals surface area contributed by atoms with E-state index in [1.807, 2.05) is 7.05 Å². The molecule has 4 nitrogen and oxygen atoms in total. The molecule has 14 heavy (non-hydrogen) atoms. The average Bonchev–Trinajstić information content (AvgIpc) is 2.68. The van der Waals surface area contributed by atoms with Gasteiger partial charge in [-0.15, -0.1) is 0 Å². The molecule has 4 heteroatoms. The molecule has 0 aromatic rings. The highest BCUT2D eigenvalue weighted by Crippen LogP contribution is 2.07. The molecule has 1 fully saturated rings. The monoisotopic (exact) mass is 200 g/mol. The average molecular weight is 200 g/mol. The predicted octanol–water partition coefficient (Wildman–Crippen LogP) is 0.232. The van der Waals surface area contributed by atoms with Gasteiger partial charge in [0.15, 0.2) is 0 Å². The quantitative estimate of drug-likeness (QED) is 0.706. The SMILES string of the molecule is COC(C)C(=O)N(C)CC1CCCN1. The van der Waals surface area contributed by atoms with E-state index in [9.17, 15) is 4.79 Å². The summed E-state index contributed by atoms with van der Waals surface area (Å²) < 4.78 is 4.99. The van der Waals surface area contributed by atoms with Gasteiger partial charge in [-0.05, 0) is 26.3 Å². The minimum absolute atomic E-state index is 0.0567. The molecule has 1 aliphatic rings. The molecule has 1 N–H and O–H groups in total. The van der Waals surface area contributed by atoms with E-state index in [1.165, 1.54) is 12.8 Å². The predicted molar refractivity (Wildman–Crippen MR) is 55.1 cm³/mol. The van der Waals surface area contributed by atoms with E-state index in [4.69, 9.17) is 4.74 Å². The van der Waals surface area contributed by atoms with Crippen LogP contribution in [0.15, 0.2) is 0 Å². The number of carbonyl (C=O) groups is 1. The van der Waals surface area contributed by atoms with E-state index in [0.29, 0.717) is 6.04 Å². The molecule has 1 heterocycles. The zero-order chi connectivity index (χ0) is 10.6. The first kappa shape index (κ1) is 11.5. The smallest absolute Gasteiger partial charge is 0.251 e. The third kappa shape index (κ3) is 2.96. The summed E-state index contributed by atoms with van der Waals surface area (Å²) in [5, 5.41) is 3.36. The zero-order valence-electron chi connectivity index (χ0n) is 9.25. The highest BCUT2D eigenvalue weighted by molar-refractivity contribution is 5.80. The summed E-state index contributed by atoms with van der Waals surface area (Å²) in [7, 11) is 3.39. The second-order valence-corrected chi connectivity index (χ2v) is 3.89. The van der Waals surface area contributed by atoms with Crippen molar-refractivity contribution in [3.63, 3.8) is 0 Å². The Balaban J connectivity index is 2.32. The fourth-order valence-corrected chi connectivity index (χ4v) is 1.74. The molecule has 0 aliphatic carbocycles. The number of methoxy groups -OCH3 is 1. The van der Waals surface area contributed by atoms with Gasteiger partial charge < -0.3 is 15.0 Å². The molecule has 1 saturated heterocycles. The van der Waals surface area contributed by atoms with Gasteiger partial charge in [0.05, 0.1) is 0 Å². The largest absolute Gasteiger partial charge is 0.372 e. The standard InChI is InChI=1S/C10H20N2O2/c1-8(14-3)10(13)12(2)7-9-5-4-6-11-9/h8-9,11H,4-7H2,1-3H3. The Labute approximate surface area is 85.6 Å². The van der Waals surface area contributed by atoms with Gasteiger partial charge in [-0.1, -0.05) is 0 Å². The minimum atomic E-state index is -0.332. The van der Waals surface area contributed by atoms with Crippen molar-refractivity contribution < 1.29 is 9.53 Å². The third-order valence-corrected chi connectivity index (χ3v) is 2.73. The number of hydrogen-bond acceptors (Lipinski definition) is 3. The molecule has 0 aromatic carbocycles. The summed E-state index contributed by atoms with van der Waals surface area (Å²) in [6, 6.07) is 0.466. The Hall–Kier alpha value is -0.610. The molecule has 1 aliphatic heterocycles. The Morgan fingerprint density at radius 2 is 2.43 bits per heavy atom. The van der Waals surface area contributed by atoms with Gasteiger partial charge in [0.2, 0.25) is 0 Å². The van der Waals surface area contributed by atoms with Crippen LogP contribution in [0.3, 0.4) is 0 Å². The lowest BCUT2D eigenvalue weighted by Crippen LogP contribution is -2.42. The summed E-state index contributed by atoms with van der Waals surface area (Å²) >= 11 is 0. The van der Waals surface area contributed by atoms with Gasteiger partial charge in [-0.25, -0.2) is 0 Å². The van der Waals surface area contributed by atoms with E-state index < -0.39 is 0 Å². The lowest BCUT2D eigenvalue weighted by molar-refractivity contribution is -0.139. The number of hydrogen-bond donors (Lipinski definition) is 1. The van der Waals surface area contributed by atoms with Crippen LogP contribution in [-0.2, 0) is 9.53 Å². The van der Waals surface area contributed by atoms with Crippen LogP contribution in [0.25, 0.3) is 0 Å². The molecule has 0 spiro atoms. The van der Waals surface area contributed by atoms with Gasteiger partial charge in [0.25, 0.3) is 5.91 Å². The Morgan fingerprint density at radius 1 is 1.71 bits per heavy atom. The molecule has 1 amide bonds. The topological polar surface area (TPSA) is 41.6 Å². The maximum Gasteiger partial charge on any atom is 0.251 e. The van der Waals surface area contributed by atoms with Gasteiger partial charge in [-0.2, -0.15) is 0 Å². The normalized spacial score (nSPS) is 23.5. The molecule has 0 saturated carbocycles. The van der Waals surface area contributed by atoms with Gasteiger partial charge in [-0.3, -0.25) is 4.79 Å². The van der Waals surface area contributed by atoms with Crippen molar-refractivity contribution in [2.24, 2.45) is 0 Å². The van der Waals surface area contributed by atoms with E-state index in [-0.39, 0.29) is 12.0 Å². The summed E-state index contributed by atoms with van der Waals surface area (Å²) in [5.41, 5.74) is 0. The van der Waals surface area contributed by atoms with Crippen LogP contribution in [0.1, 0.15) is 19.8 Å². The van der Waals surface area contributed by atoms with E-state index in [1.54, 1.807) is 18.9 Å². The van der Waals surface area contributed by atoms with Crippen LogP contribution in [0.5, 0.6) is 0 Å². The lowest BCUT2D eigenvalue weighted by atomic mass is 10.2. The van der Waals surface area contributed by atoms with Crippen LogP contribution in [0.4, 0.5) is 0 Å². The van der Waals surface area contributed by atoms with Crippen molar-refractivity contribution in [2.45, 2.75) is 31.9 Å². The second kappa shape index (κ2) is 5.32. The lowest BCUT2D eigenvalue weighted by Gasteiger charge is -2.23. The Bertz CT molecular complexity index is 191. The number of rotatable bonds is 4. The van der Waals surface area contributed by atoms with Crippen molar-refractivity contribution in [1.29, 1.82) is 0 Å². The number of nitrogens with zero attached hydrogens (tertiary/aromatic N) is 1. The minimum Gasteiger partial charge on any atom is -0.372 e. The van der Waals surface area contributed by atoms with E-state index in [0.717, 1.165) is 13.1 Å². The molecule has 0 aromatic heterocycles. The molecular weight excluding hydrogens is 180 g/mol. The maximum absolute atomic E-state index is 11.6. The first-order valence-corrected chi connectivity index (χ1v) is 5.16. The van der Waals surface area contributed by atoms with Crippen LogP contribution in [0.2, 0.25) is 0 Å². The highest BCUT2D eigenvalue weighted by atomic mass is 16.5. The fraction of sp³-hybridized carbons (Fsp3) is 0.900. The molecule has 82 valence electrons. The third-order valence-electron chi connectivity index (χ3n) is 2.73. The van der Waals surface area contributed by atoms with Crippen molar-refractivity contribution in [3.8, 4) is 0 Å².